The summed E-state index contributed by atoms with van der Waals surface area (Å²) in [5, 5.41) is 0.797. The molecule has 0 radical (unpaired) electrons. The van der Waals surface area contributed by atoms with Crippen LogP contribution in [0.4, 0.5) is 4.39 Å². The molecule has 2 aromatic rings. The maximum atomic E-state index is 13.7. The van der Waals surface area contributed by atoms with Gasteiger partial charge in [0.25, 0.3) is 0 Å². The molecule has 3 rings (SSSR count). The predicted octanol–water partition coefficient (Wildman–Crippen LogP) is 4.44. The minimum Gasteiger partial charge on any atom is -0.456 e. The molecule has 0 amide bonds. The van der Waals surface area contributed by atoms with Crippen molar-refractivity contribution in [3.05, 3.63) is 35.8 Å². The van der Waals surface area contributed by atoms with Gasteiger partial charge in [-0.25, -0.2) is 9.82 Å². The Balaban J connectivity index is 1.79. The molecule has 1 fully saturated rings. The Morgan fingerprint density at radius 2 is 2.00 bits per heavy atom. The molecule has 3 nitrogen and oxygen atoms in total. The molecule has 1 aliphatic carbocycles. The normalized spacial score (nSPS) is 18.8. The molecule has 1 heterocycles. The van der Waals surface area contributed by atoms with E-state index in [1.54, 1.807) is 6.07 Å². The van der Waals surface area contributed by atoms with Crippen LogP contribution >= 0.6 is 0 Å². The molecule has 0 spiro atoms. The molecule has 1 saturated carbocycles. The standard InChI is InChI=1S/C17H23FN2O/c18-14-9-5-8-13-11-16(21-17(13)14)15(20-19)10-12-6-3-1-2-4-7-12/h5,8-9,11-12,15,20H,1-4,6-7,10,19H2. The van der Waals surface area contributed by atoms with Crippen LogP contribution in [0.1, 0.15) is 56.7 Å². The summed E-state index contributed by atoms with van der Waals surface area (Å²) < 4.78 is 19.4. The minimum atomic E-state index is -0.316. The van der Waals surface area contributed by atoms with Gasteiger partial charge in [0, 0.05) is 5.39 Å². The van der Waals surface area contributed by atoms with E-state index >= 15 is 0 Å². The highest BCUT2D eigenvalue weighted by Crippen LogP contribution is 2.33. The van der Waals surface area contributed by atoms with Crippen LogP contribution < -0.4 is 11.3 Å². The van der Waals surface area contributed by atoms with Gasteiger partial charge in [-0.2, -0.15) is 0 Å². The van der Waals surface area contributed by atoms with Crippen LogP contribution in [0.25, 0.3) is 11.0 Å². The van der Waals surface area contributed by atoms with Gasteiger partial charge in [0.1, 0.15) is 5.76 Å². The molecule has 0 aliphatic heterocycles. The first-order valence-electron chi connectivity index (χ1n) is 7.92. The van der Waals surface area contributed by atoms with Gasteiger partial charge in [-0.1, -0.05) is 50.7 Å². The number of hydrazine groups is 1. The van der Waals surface area contributed by atoms with Gasteiger partial charge < -0.3 is 4.42 Å². The van der Waals surface area contributed by atoms with Crippen molar-refractivity contribution in [1.29, 1.82) is 0 Å². The lowest BCUT2D eigenvalue weighted by Gasteiger charge is -2.20. The molecule has 0 saturated heterocycles. The zero-order chi connectivity index (χ0) is 14.7. The first kappa shape index (κ1) is 14.5. The van der Waals surface area contributed by atoms with Gasteiger partial charge in [0.2, 0.25) is 0 Å². The smallest absolute Gasteiger partial charge is 0.169 e. The molecule has 1 aromatic carbocycles. The molecule has 0 bridgehead atoms. The number of nitrogens with two attached hydrogens (primary N) is 1. The number of furan rings is 1. The maximum Gasteiger partial charge on any atom is 0.169 e. The van der Waals surface area contributed by atoms with Crippen molar-refractivity contribution in [3.63, 3.8) is 0 Å². The Labute approximate surface area is 124 Å². The molecular weight excluding hydrogens is 267 g/mol. The molecule has 114 valence electrons. The number of halogens is 1. The highest BCUT2D eigenvalue weighted by Gasteiger charge is 2.22. The van der Waals surface area contributed by atoms with E-state index in [0.29, 0.717) is 11.5 Å². The second-order valence-corrected chi connectivity index (χ2v) is 6.12. The number of para-hydroxylation sites is 1. The average molecular weight is 290 g/mol. The fraction of sp³-hybridized carbons (Fsp3) is 0.529. The van der Waals surface area contributed by atoms with Crippen molar-refractivity contribution < 1.29 is 8.81 Å². The monoisotopic (exact) mass is 290 g/mol. The van der Waals surface area contributed by atoms with Crippen LogP contribution in [-0.2, 0) is 0 Å². The zero-order valence-electron chi connectivity index (χ0n) is 12.3. The largest absolute Gasteiger partial charge is 0.456 e. The van der Waals surface area contributed by atoms with Gasteiger partial charge in [0.15, 0.2) is 11.4 Å². The van der Waals surface area contributed by atoms with Crippen molar-refractivity contribution in [2.75, 3.05) is 0 Å². The van der Waals surface area contributed by atoms with E-state index < -0.39 is 0 Å². The van der Waals surface area contributed by atoms with E-state index in [1.165, 1.54) is 44.6 Å². The van der Waals surface area contributed by atoms with Gasteiger partial charge in [-0.3, -0.25) is 5.84 Å². The minimum absolute atomic E-state index is 0.0418. The fourth-order valence-corrected chi connectivity index (χ4v) is 3.42. The Morgan fingerprint density at radius 3 is 2.67 bits per heavy atom. The first-order valence-corrected chi connectivity index (χ1v) is 7.92. The molecular formula is C17H23FN2O. The summed E-state index contributed by atoms with van der Waals surface area (Å²) in [6, 6.07) is 6.85. The SMILES string of the molecule is NNC(CC1CCCCCC1)c1cc2cccc(F)c2o1. The van der Waals surface area contributed by atoms with Crippen molar-refractivity contribution >= 4 is 11.0 Å². The molecule has 21 heavy (non-hydrogen) atoms. The third kappa shape index (κ3) is 3.27. The molecule has 1 atom stereocenters. The summed E-state index contributed by atoms with van der Waals surface area (Å²) in [6.45, 7) is 0. The number of hydrogen-bond donors (Lipinski definition) is 2. The van der Waals surface area contributed by atoms with Crippen molar-refractivity contribution in [3.8, 4) is 0 Å². The van der Waals surface area contributed by atoms with Crippen molar-refractivity contribution in [2.45, 2.75) is 51.0 Å². The zero-order valence-corrected chi connectivity index (χ0v) is 12.3. The average Bonchev–Trinajstić information content (AvgIpc) is 2.76. The van der Waals surface area contributed by atoms with Gasteiger partial charge in [-0.05, 0) is 24.5 Å². The molecule has 1 aliphatic rings. The first-order chi connectivity index (χ1) is 10.3. The van der Waals surface area contributed by atoms with Gasteiger partial charge in [-0.15, -0.1) is 0 Å². The summed E-state index contributed by atoms with van der Waals surface area (Å²) in [5.74, 6) is 6.81. The van der Waals surface area contributed by atoms with Crippen LogP contribution in [0.15, 0.2) is 28.7 Å². The maximum absolute atomic E-state index is 13.7. The van der Waals surface area contributed by atoms with E-state index in [-0.39, 0.29) is 11.9 Å². The second kappa shape index (κ2) is 6.58. The van der Waals surface area contributed by atoms with Crippen molar-refractivity contribution in [1.82, 2.24) is 5.43 Å². The lowest BCUT2D eigenvalue weighted by molar-refractivity contribution is 0.326. The third-order valence-corrected chi connectivity index (χ3v) is 4.60. The number of nitrogens with one attached hydrogen (secondary N) is 1. The van der Waals surface area contributed by atoms with Crippen LogP contribution in [0.3, 0.4) is 0 Å². The Hall–Kier alpha value is -1.39. The highest BCUT2D eigenvalue weighted by atomic mass is 19.1. The summed E-state index contributed by atoms with van der Waals surface area (Å²) in [5.41, 5.74) is 3.18. The van der Waals surface area contributed by atoms with Gasteiger partial charge >= 0.3 is 0 Å². The highest BCUT2D eigenvalue weighted by molar-refractivity contribution is 5.78. The van der Waals surface area contributed by atoms with E-state index in [1.807, 2.05) is 12.1 Å². The number of fused-ring (bicyclic) bond motifs is 1. The van der Waals surface area contributed by atoms with E-state index in [2.05, 4.69) is 5.43 Å². The van der Waals surface area contributed by atoms with Crippen LogP contribution in [-0.4, -0.2) is 0 Å². The fourth-order valence-electron chi connectivity index (χ4n) is 3.42. The summed E-state index contributed by atoms with van der Waals surface area (Å²) in [7, 11) is 0. The Morgan fingerprint density at radius 1 is 1.24 bits per heavy atom. The second-order valence-electron chi connectivity index (χ2n) is 6.12. The molecule has 4 heteroatoms. The Bertz CT molecular complexity index is 587. The summed E-state index contributed by atoms with van der Waals surface area (Å²) >= 11 is 0. The third-order valence-electron chi connectivity index (χ3n) is 4.60. The predicted molar refractivity (Wildman–Crippen MR) is 82.0 cm³/mol. The molecule has 1 unspecified atom stereocenters. The van der Waals surface area contributed by atoms with E-state index in [9.17, 15) is 4.39 Å². The summed E-state index contributed by atoms with van der Waals surface area (Å²) in [4.78, 5) is 0. The van der Waals surface area contributed by atoms with Crippen LogP contribution in [0, 0.1) is 11.7 Å². The molecule has 1 aromatic heterocycles. The van der Waals surface area contributed by atoms with Crippen LogP contribution in [0.2, 0.25) is 0 Å². The summed E-state index contributed by atoms with van der Waals surface area (Å²) in [6.07, 6.45) is 8.76. The van der Waals surface area contributed by atoms with Crippen LogP contribution in [0.5, 0.6) is 0 Å². The van der Waals surface area contributed by atoms with Gasteiger partial charge in [0.05, 0.1) is 6.04 Å². The number of rotatable bonds is 4. The molecule has 3 N–H and O–H groups in total. The lowest BCUT2D eigenvalue weighted by atomic mass is 9.92. The quantitative estimate of drug-likeness (QED) is 0.497. The van der Waals surface area contributed by atoms with Crippen molar-refractivity contribution in [2.24, 2.45) is 11.8 Å². The van der Waals surface area contributed by atoms with E-state index in [0.717, 1.165) is 17.6 Å². The topological polar surface area (TPSA) is 51.2 Å². The lowest BCUT2D eigenvalue weighted by Crippen LogP contribution is -2.29. The van der Waals surface area contributed by atoms with E-state index in [4.69, 9.17) is 10.3 Å². The number of benzene rings is 1. The number of hydrogen-bond acceptors (Lipinski definition) is 3. The Kier molecular flexibility index (Phi) is 4.56.